The predicted molar refractivity (Wildman–Crippen MR) is 44.1 cm³/mol. The van der Waals surface area contributed by atoms with Crippen LogP contribution in [0.15, 0.2) is 12.3 Å². The third-order valence-corrected chi connectivity index (χ3v) is 1.82. The molecule has 0 aliphatic heterocycles. The standard InChI is InChI=1S/C8H6ClF2NO/c1-4-6(8(10)11)5(7(9)13)2-3-12-4/h2-3,8H,1H3. The minimum atomic E-state index is -2.73. The zero-order valence-corrected chi connectivity index (χ0v) is 7.48. The first-order chi connectivity index (χ1) is 6.04. The van der Waals surface area contributed by atoms with Crippen molar-refractivity contribution >= 4 is 16.8 Å². The van der Waals surface area contributed by atoms with Crippen LogP contribution >= 0.6 is 11.6 Å². The lowest BCUT2D eigenvalue weighted by atomic mass is 10.1. The molecular weight excluding hydrogens is 200 g/mol. The number of pyridine rings is 1. The van der Waals surface area contributed by atoms with Crippen molar-refractivity contribution in [1.29, 1.82) is 0 Å². The number of nitrogens with zero attached hydrogens (tertiary/aromatic N) is 1. The highest BCUT2D eigenvalue weighted by Gasteiger charge is 2.19. The third-order valence-electron chi connectivity index (χ3n) is 1.62. The van der Waals surface area contributed by atoms with Crippen LogP contribution in [0.3, 0.4) is 0 Å². The summed E-state index contributed by atoms with van der Waals surface area (Å²) in [6.45, 7) is 1.41. The fourth-order valence-electron chi connectivity index (χ4n) is 1.02. The van der Waals surface area contributed by atoms with E-state index in [2.05, 4.69) is 4.98 Å². The first-order valence-corrected chi connectivity index (χ1v) is 3.85. The predicted octanol–water partition coefficient (Wildman–Crippen LogP) is 2.71. The molecule has 0 bridgehead atoms. The molecule has 0 spiro atoms. The maximum absolute atomic E-state index is 12.4. The van der Waals surface area contributed by atoms with Gasteiger partial charge in [0.1, 0.15) is 0 Å². The van der Waals surface area contributed by atoms with E-state index in [0.717, 1.165) is 0 Å². The quantitative estimate of drug-likeness (QED) is 0.695. The number of halogens is 3. The molecule has 5 heteroatoms. The smallest absolute Gasteiger partial charge is 0.266 e. The summed E-state index contributed by atoms with van der Waals surface area (Å²) in [7, 11) is 0. The van der Waals surface area contributed by atoms with Crippen molar-refractivity contribution in [3.05, 3.63) is 29.1 Å². The summed E-state index contributed by atoms with van der Waals surface area (Å²) in [6, 6.07) is 1.18. The van der Waals surface area contributed by atoms with E-state index >= 15 is 0 Å². The molecule has 0 unspecified atom stereocenters. The van der Waals surface area contributed by atoms with Gasteiger partial charge in [0.2, 0.25) is 0 Å². The number of alkyl halides is 2. The van der Waals surface area contributed by atoms with Gasteiger partial charge in [-0.05, 0) is 24.6 Å². The van der Waals surface area contributed by atoms with E-state index in [-0.39, 0.29) is 16.8 Å². The average molecular weight is 206 g/mol. The first kappa shape index (κ1) is 10.1. The van der Waals surface area contributed by atoms with E-state index in [9.17, 15) is 13.6 Å². The van der Waals surface area contributed by atoms with E-state index in [1.54, 1.807) is 0 Å². The molecule has 0 amide bonds. The van der Waals surface area contributed by atoms with Crippen molar-refractivity contribution in [2.24, 2.45) is 0 Å². The summed E-state index contributed by atoms with van der Waals surface area (Å²) in [4.78, 5) is 14.4. The molecule has 70 valence electrons. The molecule has 2 nitrogen and oxygen atoms in total. The number of carbonyl (C=O) groups excluding carboxylic acids is 1. The van der Waals surface area contributed by atoms with Crippen LogP contribution in [0.1, 0.15) is 28.0 Å². The van der Waals surface area contributed by atoms with Gasteiger partial charge in [-0.15, -0.1) is 0 Å². The summed E-state index contributed by atoms with van der Waals surface area (Å²) in [6.07, 6.45) is -1.46. The second kappa shape index (κ2) is 3.79. The summed E-state index contributed by atoms with van der Waals surface area (Å²) >= 11 is 5.12. The van der Waals surface area contributed by atoms with Gasteiger partial charge in [-0.3, -0.25) is 9.78 Å². The molecule has 1 aromatic rings. The second-order valence-electron chi connectivity index (χ2n) is 2.43. The molecule has 0 aliphatic rings. The molecule has 0 radical (unpaired) electrons. The number of aryl methyl sites for hydroxylation is 1. The first-order valence-electron chi connectivity index (χ1n) is 3.47. The maximum atomic E-state index is 12.4. The minimum absolute atomic E-state index is 0.126. The van der Waals surface area contributed by atoms with Gasteiger partial charge in [-0.1, -0.05) is 0 Å². The normalized spacial score (nSPS) is 10.5. The van der Waals surface area contributed by atoms with Crippen molar-refractivity contribution < 1.29 is 13.6 Å². The van der Waals surface area contributed by atoms with Crippen LogP contribution in [0.25, 0.3) is 0 Å². The van der Waals surface area contributed by atoms with E-state index in [0.29, 0.717) is 0 Å². The lowest BCUT2D eigenvalue weighted by Crippen LogP contribution is -2.02. The Labute approximate surface area is 78.5 Å². The molecule has 0 aliphatic carbocycles. The van der Waals surface area contributed by atoms with Crippen molar-refractivity contribution in [2.75, 3.05) is 0 Å². The lowest BCUT2D eigenvalue weighted by molar-refractivity contribution is 0.106. The Kier molecular flexibility index (Phi) is 2.93. The number of carbonyl (C=O) groups is 1. The lowest BCUT2D eigenvalue weighted by Gasteiger charge is -2.06. The molecule has 13 heavy (non-hydrogen) atoms. The van der Waals surface area contributed by atoms with Crippen molar-refractivity contribution in [3.8, 4) is 0 Å². The van der Waals surface area contributed by atoms with Crippen LogP contribution in [-0.2, 0) is 0 Å². The Hall–Kier alpha value is -1.03. The van der Waals surface area contributed by atoms with Crippen LogP contribution in [0.4, 0.5) is 8.78 Å². The summed E-state index contributed by atoms with van der Waals surface area (Å²) in [5.74, 6) is 0. The molecular formula is C8H6ClF2NO. The molecule has 0 saturated carbocycles. The second-order valence-corrected chi connectivity index (χ2v) is 2.78. The van der Waals surface area contributed by atoms with Crippen LogP contribution in [0, 0.1) is 6.92 Å². The van der Waals surface area contributed by atoms with Crippen molar-refractivity contribution in [3.63, 3.8) is 0 Å². The molecule has 1 aromatic heterocycles. The monoisotopic (exact) mass is 205 g/mol. The SMILES string of the molecule is Cc1nccc(C(=O)Cl)c1C(F)F. The topological polar surface area (TPSA) is 30.0 Å². The van der Waals surface area contributed by atoms with Gasteiger partial charge in [-0.2, -0.15) is 0 Å². The van der Waals surface area contributed by atoms with Gasteiger partial charge >= 0.3 is 0 Å². The van der Waals surface area contributed by atoms with E-state index in [4.69, 9.17) is 11.6 Å². The molecule has 0 atom stereocenters. The number of aromatic nitrogens is 1. The van der Waals surface area contributed by atoms with Crippen LogP contribution in [0.5, 0.6) is 0 Å². The highest BCUT2D eigenvalue weighted by Crippen LogP contribution is 2.25. The highest BCUT2D eigenvalue weighted by molar-refractivity contribution is 6.67. The van der Waals surface area contributed by atoms with Crippen molar-refractivity contribution in [1.82, 2.24) is 4.98 Å². The molecule has 1 rings (SSSR count). The molecule has 0 fully saturated rings. The fourth-order valence-corrected chi connectivity index (χ4v) is 1.19. The van der Waals surface area contributed by atoms with Gasteiger partial charge in [-0.25, -0.2) is 8.78 Å². The Balaban J connectivity index is 3.34. The highest BCUT2D eigenvalue weighted by atomic mass is 35.5. The largest absolute Gasteiger partial charge is 0.276 e. The summed E-state index contributed by atoms with van der Waals surface area (Å²) in [5.41, 5.74) is -0.437. The minimum Gasteiger partial charge on any atom is -0.276 e. The summed E-state index contributed by atoms with van der Waals surface area (Å²) in [5, 5.41) is -0.888. The van der Waals surface area contributed by atoms with Crippen LogP contribution in [0.2, 0.25) is 0 Å². The van der Waals surface area contributed by atoms with Gasteiger partial charge in [0.15, 0.2) is 0 Å². The third kappa shape index (κ3) is 2.01. The van der Waals surface area contributed by atoms with Gasteiger partial charge < -0.3 is 0 Å². The van der Waals surface area contributed by atoms with Gasteiger partial charge in [0.05, 0.1) is 5.56 Å². The molecule has 0 N–H and O–H groups in total. The fraction of sp³-hybridized carbons (Fsp3) is 0.250. The summed E-state index contributed by atoms with van der Waals surface area (Å²) < 4.78 is 24.8. The number of hydrogen-bond donors (Lipinski definition) is 0. The molecule has 0 saturated heterocycles. The Morgan fingerprint density at radius 3 is 2.62 bits per heavy atom. The Morgan fingerprint density at radius 1 is 1.62 bits per heavy atom. The zero-order valence-electron chi connectivity index (χ0n) is 6.72. The van der Waals surface area contributed by atoms with E-state index in [1.807, 2.05) is 0 Å². The number of hydrogen-bond acceptors (Lipinski definition) is 2. The van der Waals surface area contributed by atoms with Gasteiger partial charge in [0.25, 0.3) is 11.7 Å². The maximum Gasteiger partial charge on any atom is 0.266 e. The van der Waals surface area contributed by atoms with Crippen LogP contribution in [-0.4, -0.2) is 10.2 Å². The van der Waals surface area contributed by atoms with Gasteiger partial charge in [0, 0.05) is 17.5 Å². The Morgan fingerprint density at radius 2 is 2.23 bits per heavy atom. The molecule has 0 aromatic carbocycles. The van der Waals surface area contributed by atoms with E-state index < -0.39 is 11.7 Å². The Bertz CT molecular complexity index is 341. The van der Waals surface area contributed by atoms with Crippen molar-refractivity contribution in [2.45, 2.75) is 13.3 Å². The van der Waals surface area contributed by atoms with Crippen LogP contribution < -0.4 is 0 Å². The van der Waals surface area contributed by atoms with E-state index in [1.165, 1.54) is 19.2 Å². The number of rotatable bonds is 2. The zero-order chi connectivity index (χ0) is 10.0. The molecule has 1 heterocycles. The average Bonchev–Trinajstić information content (AvgIpc) is 2.02.